The number of nitrogens with one attached hydrogen (secondary N) is 2. The predicted octanol–water partition coefficient (Wildman–Crippen LogP) is 3.32. The van der Waals surface area contributed by atoms with Crippen molar-refractivity contribution in [3.8, 4) is 11.5 Å². The van der Waals surface area contributed by atoms with Gasteiger partial charge in [-0.3, -0.25) is 4.79 Å². The summed E-state index contributed by atoms with van der Waals surface area (Å²) in [5.74, 6) is 1.36. The van der Waals surface area contributed by atoms with Gasteiger partial charge < -0.3 is 20.1 Å². The van der Waals surface area contributed by atoms with E-state index in [1.165, 1.54) is 0 Å². The Morgan fingerprint density at radius 1 is 1.07 bits per heavy atom. The van der Waals surface area contributed by atoms with Gasteiger partial charge in [-0.05, 0) is 56.1 Å². The highest BCUT2D eigenvalue weighted by molar-refractivity contribution is 5.85. The van der Waals surface area contributed by atoms with Crippen LogP contribution in [0.1, 0.15) is 25.3 Å². The van der Waals surface area contributed by atoms with Crippen LogP contribution in [-0.2, 0) is 11.4 Å². The minimum atomic E-state index is -0.0755. The third-order valence-electron chi connectivity index (χ3n) is 4.43. The number of benzene rings is 2. The van der Waals surface area contributed by atoms with Gasteiger partial charge >= 0.3 is 0 Å². The van der Waals surface area contributed by atoms with Crippen molar-refractivity contribution in [2.24, 2.45) is 0 Å². The van der Waals surface area contributed by atoms with Crippen molar-refractivity contribution in [3.05, 3.63) is 60.2 Å². The zero-order valence-electron chi connectivity index (χ0n) is 15.5. The molecule has 1 heterocycles. The first-order chi connectivity index (χ1) is 12.7. The van der Waals surface area contributed by atoms with Gasteiger partial charge in [0.2, 0.25) is 0 Å². The van der Waals surface area contributed by atoms with Crippen LogP contribution >= 0.6 is 12.4 Å². The number of hydrogen-bond donors (Lipinski definition) is 2. The SMILES string of the molecule is CC1CC(NC(=O)COc2ccc(OCc3ccccc3)cc2)CCN1.Cl. The van der Waals surface area contributed by atoms with Crippen LogP contribution in [0.5, 0.6) is 11.5 Å². The van der Waals surface area contributed by atoms with Crippen LogP contribution in [0.2, 0.25) is 0 Å². The lowest BCUT2D eigenvalue weighted by Crippen LogP contribution is -2.47. The third-order valence-corrected chi connectivity index (χ3v) is 4.43. The molecular weight excluding hydrogens is 364 g/mol. The van der Waals surface area contributed by atoms with Crippen molar-refractivity contribution in [1.82, 2.24) is 10.6 Å². The largest absolute Gasteiger partial charge is 0.489 e. The maximum Gasteiger partial charge on any atom is 0.258 e. The van der Waals surface area contributed by atoms with Crippen LogP contribution in [0.25, 0.3) is 0 Å². The first-order valence-electron chi connectivity index (χ1n) is 9.11. The standard InChI is InChI=1S/C21H26N2O3.ClH/c1-16-13-18(11-12-22-16)23-21(24)15-26-20-9-7-19(8-10-20)25-14-17-5-3-2-4-6-17;/h2-10,16,18,22H,11-15H2,1H3,(H,23,24);1H. The minimum Gasteiger partial charge on any atom is -0.489 e. The van der Waals surface area contributed by atoms with Crippen LogP contribution < -0.4 is 20.1 Å². The van der Waals surface area contributed by atoms with E-state index in [1.54, 1.807) is 0 Å². The normalized spacial score (nSPS) is 18.9. The van der Waals surface area contributed by atoms with Gasteiger partial charge in [0.25, 0.3) is 5.91 Å². The molecule has 27 heavy (non-hydrogen) atoms. The number of halogens is 1. The van der Waals surface area contributed by atoms with E-state index < -0.39 is 0 Å². The second kappa shape index (κ2) is 10.8. The van der Waals surface area contributed by atoms with Gasteiger partial charge in [0, 0.05) is 12.1 Å². The summed E-state index contributed by atoms with van der Waals surface area (Å²) in [5.41, 5.74) is 1.12. The average molecular weight is 391 g/mol. The van der Waals surface area contributed by atoms with Gasteiger partial charge in [-0.25, -0.2) is 0 Å². The average Bonchev–Trinajstić information content (AvgIpc) is 2.66. The molecule has 3 rings (SSSR count). The summed E-state index contributed by atoms with van der Waals surface area (Å²) in [5, 5.41) is 6.42. The molecule has 0 spiro atoms. The second-order valence-electron chi connectivity index (χ2n) is 6.68. The Labute approximate surface area is 166 Å². The molecule has 2 atom stereocenters. The molecule has 0 bridgehead atoms. The first kappa shape index (κ1) is 21.1. The molecular formula is C21H27ClN2O3. The van der Waals surface area contributed by atoms with E-state index in [0.29, 0.717) is 18.4 Å². The first-order valence-corrected chi connectivity index (χ1v) is 9.11. The Bertz CT molecular complexity index is 694. The molecule has 0 aromatic heterocycles. The molecule has 5 nitrogen and oxygen atoms in total. The number of rotatable bonds is 7. The molecule has 2 aromatic rings. The van der Waals surface area contributed by atoms with Crippen LogP contribution in [0.4, 0.5) is 0 Å². The number of amides is 1. The quantitative estimate of drug-likeness (QED) is 0.761. The van der Waals surface area contributed by atoms with Crippen molar-refractivity contribution in [2.45, 2.75) is 38.5 Å². The lowest BCUT2D eigenvalue weighted by atomic mass is 10.0. The molecule has 6 heteroatoms. The maximum absolute atomic E-state index is 12.0. The van der Waals surface area contributed by atoms with Crippen LogP contribution in [0.15, 0.2) is 54.6 Å². The molecule has 0 radical (unpaired) electrons. The number of ether oxygens (including phenoxy) is 2. The van der Waals surface area contributed by atoms with Crippen molar-refractivity contribution >= 4 is 18.3 Å². The summed E-state index contributed by atoms with van der Waals surface area (Å²) < 4.78 is 11.3. The Morgan fingerprint density at radius 2 is 1.74 bits per heavy atom. The number of carbonyl (C=O) groups is 1. The van der Waals surface area contributed by atoms with Crippen LogP contribution in [0, 0.1) is 0 Å². The highest BCUT2D eigenvalue weighted by Gasteiger charge is 2.19. The molecule has 146 valence electrons. The molecule has 1 fully saturated rings. The fourth-order valence-electron chi connectivity index (χ4n) is 3.05. The molecule has 1 aliphatic heterocycles. The molecule has 2 N–H and O–H groups in total. The van der Waals surface area contributed by atoms with E-state index >= 15 is 0 Å². The zero-order chi connectivity index (χ0) is 18.2. The molecule has 1 aliphatic rings. The van der Waals surface area contributed by atoms with E-state index in [0.717, 1.165) is 30.7 Å². The van der Waals surface area contributed by atoms with Crippen molar-refractivity contribution < 1.29 is 14.3 Å². The van der Waals surface area contributed by atoms with E-state index in [-0.39, 0.29) is 31.0 Å². The number of carbonyl (C=O) groups excluding carboxylic acids is 1. The molecule has 0 aliphatic carbocycles. The van der Waals surface area contributed by atoms with Crippen LogP contribution in [-0.4, -0.2) is 31.1 Å². The van der Waals surface area contributed by atoms with Gasteiger partial charge in [-0.1, -0.05) is 30.3 Å². The van der Waals surface area contributed by atoms with Crippen LogP contribution in [0.3, 0.4) is 0 Å². The highest BCUT2D eigenvalue weighted by atomic mass is 35.5. The number of piperidine rings is 1. The Morgan fingerprint density at radius 3 is 2.41 bits per heavy atom. The molecule has 1 saturated heterocycles. The highest BCUT2D eigenvalue weighted by Crippen LogP contribution is 2.18. The maximum atomic E-state index is 12.0. The minimum absolute atomic E-state index is 0. The van der Waals surface area contributed by atoms with Gasteiger partial charge in [0.05, 0.1) is 0 Å². The molecule has 2 unspecified atom stereocenters. The summed E-state index contributed by atoms with van der Waals surface area (Å²) in [6.45, 7) is 3.63. The second-order valence-corrected chi connectivity index (χ2v) is 6.68. The van der Waals surface area contributed by atoms with Crippen molar-refractivity contribution in [2.75, 3.05) is 13.2 Å². The Balaban J connectivity index is 0.00000261. The van der Waals surface area contributed by atoms with E-state index in [4.69, 9.17) is 9.47 Å². The lowest BCUT2D eigenvalue weighted by Gasteiger charge is -2.28. The Kier molecular flexibility index (Phi) is 8.43. The Hall–Kier alpha value is -2.24. The number of hydrogen-bond acceptors (Lipinski definition) is 4. The summed E-state index contributed by atoms with van der Waals surface area (Å²) in [4.78, 5) is 12.0. The monoisotopic (exact) mass is 390 g/mol. The fourth-order valence-corrected chi connectivity index (χ4v) is 3.05. The summed E-state index contributed by atoms with van der Waals surface area (Å²) in [6.07, 6.45) is 1.92. The molecule has 1 amide bonds. The van der Waals surface area contributed by atoms with Gasteiger partial charge in [0.15, 0.2) is 6.61 Å². The van der Waals surface area contributed by atoms with Gasteiger partial charge in [0.1, 0.15) is 18.1 Å². The molecule has 2 aromatic carbocycles. The third kappa shape index (κ3) is 7.12. The topological polar surface area (TPSA) is 59.6 Å². The molecule has 0 saturated carbocycles. The zero-order valence-corrected chi connectivity index (χ0v) is 16.3. The summed E-state index contributed by atoms with van der Waals surface area (Å²) >= 11 is 0. The van der Waals surface area contributed by atoms with Crippen molar-refractivity contribution in [1.29, 1.82) is 0 Å². The van der Waals surface area contributed by atoms with Gasteiger partial charge in [-0.15, -0.1) is 12.4 Å². The summed E-state index contributed by atoms with van der Waals surface area (Å²) in [6, 6.07) is 18.0. The van der Waals surface area contributed by atoms with Gasteiger partial charge in [-0.2, -0.15) is 0 Å². The smallest absolute Gasteiger partial charge is 0.258 e. The lowest BCUT2D eigenvalue weighted by molar-refractivity contribution is -0.124. The van der Waals surface area contributed by atoms with E-state index in [1.807, 2.05) is 54.6 Å². The fraction of sp³-hybridized carbons (Fsp3) is 0.381. The van der Waals surface area contributed by atoms with E-state index in [2.05, 4.69) is 17.6 Å². The van der Waals surface area contributed by atoms with E-state index in [9.17, 15) is 4.79 Å². The predicted molar refractivity (Wildman–Crippen MR) is 109 cm³/mol. The summed E-state index contributed by atoms with van der Waals surface area (Å²) in [7, 11) is 0. The van der Waals surface area contributed by atoms with Crippen molar-refractivity contribution in [3.63, 3.8) is 0 Å².